The normalized spacial score (nSPS) is 17.6. The van der Waals surface area contributed by atoms with Gasteiger partial charge in [0, 0.05) is 7.05 Å². The minimum Gasteiger partial charge on any atom is -0.291 e. The number of carbonyl (C=O) groups excluding carboxylic acids is 1. The Morgan fingerprint density at radius 3 is 2.47 bits per heavy atom. The van der Waals surface area contributed by atoms with Gasteiger partial charge < -0.3 is 0 Å². The van der Waals surface area contributed by atoms with E-state index in [4.69, 9.17) is 0 Å². The molecule has 1 aromatic heterocycles. The topological polar surface area (TPSA) is 38.1 Å². The first-order valence-corrected chi connectivity index (χ1v) is 6.71. The Morgan fingerprint density at radius 1 is 1.41 bits per heavy atom. The van der Waals surface area contributed by atoms with E-state index in [-0.39, 0.29) is 5.78 Å². The lowest BCUT2D eigenvalue weighted by Crippen LogP contribution is -2.49. The standard InChI is InChI=1S/C12H18BrN3O/c1-12(2,16-6-4-5-7-16)11(17)10-9(13)8-14-15(10)3/h8H,4-7H2,1-3H3. The van der Waals surface area contributed by atoms with Gasteiger partial charge in [-0.1, -0.05) is 0 Å². The molecular formula is C12H18BrN3O. The van der Waals surface area contributed by atoms with Gasteiger partial charge in [0.2, 0.25) is 5.78 Å². The molecule has 94 valence electrons. The van der Waals surface area contributed by atoms with Crippen molar-refractivity contribution in [2.75, 3.05) is 13.1 Å². The lowest BCUT2D eigenvalue weighted by molar-refractivity contribution is 0.0691. The maximum atomic E-state index is 12.6. The second kappa shape index (κ2) is 4.53. The van der Waals surface area contributed by atoms with E-state index in [0.29, 0.717) is 5.69 Å². The van der Waals surface area contributed by atoms with Crippen LogP contribution in [0.15, 0.2) is 10.7 Å². The minimum absolute atomic E-state index is 0.131. The van der Waals surface area contributed by atoms with Crippen LogP contribution in [0.4, 0.5) is 0 Å². The first-order chi connectivity index (χ1) is 7.94. The van der Waals surface area contributed by atoms with Crippen LogP contribution in [0.2, 0.25) is 0 Å². The monoisotopic (exact) mass is 299 g/mol. The first-order valence-electron chi connectivity index (χ1n) is 5.92. The smallest absolute Gasteiger partial charge is 0.201 e. The van der Waals surface area contributed by atoms with E-state index in [9.17, 15) is 4.79 Å². The Labute approximate surface area is 110 Å². The lowest BCUT2D eigenvalue weighted by atomic mass is 9.94. The van der Waals surface area contributed by atoms with Crippen molar-refractivity contribution in [2.45, 2.75) is 32.2 Å². The lowest BCUT2D eigenvalue weighted by Gasteiger charge is -2.33. The molecule has 0 amide bonds. The summed E-state index contributed by atoms with van der Waals surface area (Å²) in [5, 5.41) is 4.11. The summed E-state index contributed by atoms with van der Waals surface area (Å²) in [4.78, 5) is 14.9. The molecule has 1 saturated heterocycles. The van der Waals surface area contributed by atoms with Crippen molar-refractivity contribution in [1.29, 1.82) is 0 Å². The van der Waals surface area contributed by atoms with Gasteiger partial charge in [0.1, 0.15) is 5.69 Å². The third-order valence-corrected chi connectivity index (χ3v) is 4.14. The molecule has 17 heavy (non-hydrogen) atoms. The average Bonchev–Trinajstić information content (AvgIpc) is 2.88. The number of likely N-dealkylation sites (tertiary alicyclic amines) is 1. The van der Waals surface area contributed by atoms with Gasteiger partial charge in [0.25, 0.3) is 0 Å². The maximum absolute atomic E-state index is 12.6. The molecule has 5 heteroatoms. The first kappa shape index (κ1) is 12.8. The van der Waals surface area contributed by atoms with Gasteiger partial charge in [0.15, 0.2) is 0 Å². The second-order valence-electron chi connectivity index (χ2n) is 5.05. The molecule has 0 unspecified atom stereocenters. The zero-order valence-corrected chi connectivity index (χ0v) is 12.1. The summed E-state index contributed by atoms with van der Waals surface area (Å²) in [6.07, 6.45) is 4.04. The van der Waals surface area contributed by atoms with E-state index in [1.807, 2.05) is 13.8 Å². The zero-order chi connectivity index (χ0) is 12.6. The number of ketones is 1. The van der Waals surface area contributed by atoms with Gasteiger partial charge in [-0.3, -0.25) is 14.4 Å². The molecule has 4 nitrogen and oxygen atoms in total. The number of aryl methyl sites for hydroxylation is 1. The number of rotatable bonds is 3. The van der Waals surface area contributed by atoms with Crippen molar-refractivity contribution >= 4 is 21.7 Å². The van der Waals surface area contributed by atoms with Crippen LogP contribution in [-0.4, -0.2) is 39.1 Å². The predicted molar refractivity (Wildman–Crippen MR) is 70.1 cm³/mol. The van der Waals surface area contributed by atoms with Crippen LogP contribution in [0.25, 0.3) is 0 Å². The molecule has 0 radical (unpaired) electrons. The summed E-state index contributed by atoms with van der Waals surface area (Å²) in [6.45, 7) is 6.02. The number of nitrogens with zero attached hydrogens (tertiary/aromatic N) is 3. The molecule has 2 rings (SSSR count). The fourth-order valence-corrected chi connectivity index (χ4v) is 2.90. The Kier molecular flexibility index (Phi) is 3.41. The zero-order valence-electron chi connectivity index (χ0n) is 10.5. The summed E-state index contributed by atoms with van der Waals surface area (Å²) < 4.78 is 2.42. The van der Waals surface area contributed by atoms with Gasteiger partial charge in [-0.15, -0.1) is 0 Å². The van der Waals surface area contributed by atoms with Crippen molar-refractivity contribution in [3.8, 4) is 0 Å². The molecule has 1 aliphatic rings. The number of Topliss-reactive ketones (excluding diaryl/α,β-unsaturated/α-hetero) is 1. The quantitative estimate of drug-likeness (QED) is 0.804. The molecule has 0 spiro atoms. The van der Waals surface area contributed by atoms with Crippen molar-refractivity contribution < 1.29 is 4.79 Å². The van der Waals surface area contributed by atoms with Gasteiger partial charge in [0.05, 0.1) is 16.2 Å². The second-order valence-corrected chi connectivity index (χ2v) is 5.90. The molecule has 2 heterocycles. The molecule has 0 atom stereocenters. The fraction of sp³-hybridized carbons (Fsp3) is 0.667. The third-order valence-electron chi connectivity index (χ3n) is 3.56. The molecule has 1 aliphatic heterocycles. The van der Waals surface area contributed by atoms with Crippen LogP contribution >= 0.6 is 15.9 Å². The summed E-state index contributed by atoms with van der Waals surface area (Å²) in [7, 11) is 1.80. The summed E-state index contributed by atoms with van der Waals surface area (Å²) >= 11 is 3.40. The Hall–Kier alpha value is -0.680. The van der Waals surface area contributed by atoms with Gasteiger partial charge in [-0.2, -0.15) is 5.10 Å². The van der Waals surface area contributed by atoms with Crippen molar-refractivity contribution in [3.63, 3.8) is 0 Å². The van der Waals surface area contributed by atoms with Gasteiger partial charge in [-0.05, 0) is 55.7 Å². The van der Waals surface area contributed by atoms with Crippen molar-refractivity contribution in [3.05, 3.63) is 16.4 Å². The largest absolute Gasteiger partial charge is 0.291 e. The molecule has 0 saturated carbocycles. The van der Waals surface area contributed by atoms with Crippen LogP contribution in [0.5, 0.6) is 0 Å². The van der Waals surface area contributed by atoms with Gasteiger partial charge >= 0.3 is 0 Å². The fourth-order valence-electron chi connectivity index (χ4n) is 2.38. The van der Waals surface area contributed by atoms with Crippen LogP contribution in [0.3, 0.4) is 0 Å². The SMILES string of the molecule is Cn1ncc(Br)c1C(=O)C(C)(C)N1CCCC1. The molecular weight excluding hydrogens is 282 g/mol. The van der Waals surface area contributed by atoms with E-state index in [1.165, 1.54) is 12.8 Å². The Balaban J connectivity index is 2.30. The number of halogens is 1. The summed E-state index contributed by atoms with van der Waals surface area (Å²) in [5.41, 5.74) is 0.203. The third kappa shape index (κ3) is 2.18. The van der Waals surface area contributed by atoms with Crippen molar-refractivity contribution in [1.82, 2.24) is 14.7 Å². The summed E-state index contributed by atoms with van der Waals surface area (Å²) in [5.74, 6) is 0.131. The minimum atomic E-state index is -0.452. The highest BCUT2D eigenvalue weighted by Gasteiger charge is 2.38. The van der Waals surface area contributed by atoms with Crippen LogP contribution in [0.1, 0.15) is 37.2 Å². The maximum Gasteiger partial charge on any atom is 0.201 e. The number of hydrogen-bond donors (Lipinski definition) is 0. The van der Waals surface area contributed by atoms with Crippen LogP contribution in [-0.2, 0) is 7.05 Å². The summed E-state index contributed by atoms with van der Waals surface area (Å²) in [6, 6.07) is 0. The molecule has 0 N–H and O–H groups in total. The molecule has 0 bridgehead atoms. The van der Waals surface area contributed by atoms with E-state index in [0.717, 1.165) is 17.6 Å². The van der Waals surface area contributed by atoms with Gasteiger partial charge in [-0.25, -0.2) is 0 Å². The van der Waals surface area contributed by atoms with E-state index in [2.05, 4.69) is 25.9 Å². The average molecular weight is 300 g/mol. The Morgan fingerprint density at radius 2 is 2.00 bits per heavy atom. The number of hydrogen-bond acceptors (Lipinski definition) is 3. The highest BCUT2D eigenvalue weighted by molar-refractivity contribution is 9.10. The van der Waals surface area contributed by atoms with E-state index >= 15 is 0 Å². The highest BCUT2D eigenvalue weighted by atomic mass is 79.9. The number of aromatic nitrogens is 2. The van der Waals surface area contributed by atoms with Crippen LogP contribution in [0, 0.1) is 0 Å². The Bertz CT molecular complexity index is 413. The van der Waals surface area contributed by atoms with E-state index < -0.39 is 5.54 Å². The number of carbonyl (C=O) groups is 1. The molecule has 0 aliphatic carbocycles. The van der Waals surface area contributed by atoms with Crippen LogP contribution < -0.4 is 0 Å². The van der Waals surface area contributed by atoms with Crippen molar-refractivity contribution in [2.24, 2.45) is 7.05 Å². The highest BCUT2D eigenvalue weighted by Crippen LogP contribution is 2.27. The molecule has 1 fully saturated rings. The predicted octanol–water partition coefficient (Wildman–Crippen LogP) is 2.24. The van der Waals surface area contributed by atoms with E-state index in [1.54, 1.807) is 17.9 Å². The molecule has 0 aromatic carbocycles. The molecule has 1 aromatic rings.